The molecule has 0 bridgehead atoms. The van der Waals surface area contributed by atoms with E-state index < -0.39 is 0 Å². The summed E-state index contributed by atoms with van der Waals surface area (Å²) in [6.45, 7) is 4.07. The lowest BCUT2D eigenvalue weighted by Gasteiger charge is -2.08. The Morgan fingerprint density at radius 1 is 1.12 bits per heavy atom. The largest absolute Gasteiger partial charge is 0.503 e. The van der Waals surface area contributed by atoms with Crippen LogP contribution in [0.5, 0.6) is 5.75 Å². The van der Waals surface area contributed by atoms with Gasteiger partial charge in [-0.25, -0.2) is 0 Å². The topological polar surface area (TPSA) is 42.2 Å². The summed E-state index contributed by atoms with van der Waals surface area (Å²) in [5, 5.41) is 9.35. The van der Waals surface area contributed by atoms with Gasteiger partial charge >= 0.3 is 0 Å². The Bertz CT molecular complexity index is 585. The summed E-state index contributed by atoms with van der Waals surface area (Å²) in [7, 11) is 0. The highest BCUT2D eigenvalue weighted by molar-refractivity contribution is 5.40. The number of pyridine rings is 1. The minimum absolute atomic E-state index is 0.235. The maximum absolute atomic E-state index is 11.1. The first-order chi connectivity index (χ1) is 7.58. The average molecular weight is 215 g/mol. The van der Waals surface area contributed by atoms with E-state index >= 15 is 0 Å². The molecule has 82 valence electrons. The quantitative estimate of drug-likeness (QED) is 0.792. The van der Waals surface area contributed by atoms with Crippen LogP contribution in [0.15, 0.2) is 41.5 Å². The number of nitrogens with zero attached hydrogens (tertiary/aromatic N) is 1. The SMILES string of the molecule is Cc1ccc(-n2ccc(=O)c(O)c2)cc1C. The van der Waals surface area contributed by atoms with E-state index in [4.69, 9.17) is 0 Å². The van der Waals surface area contributed by atoms with E-state index in [0.717, 1.165) is 5.69 Å². The molecule has 0 unspecified atom stereocenters. The van der Waals surface area contributed by atoms with E-state index in [-0.39, 0.29) is 11.2 Å². The fourth-order valence-electron chi connectivity index (χ4n) is 1.52. The summed E-state index contributed by atoms with van der Waals surface area (Å²) in [5.74, 6) is -0.235. The molecular weight excluding hydrogens is 202 g/mol. The zero-order valence-electron chi connectivity index (χ0n) is 9.27. The minimum Gasteiger partial charge on any atom is -0.503 e. The highest BCUT2D eigenvalue weighted by atomic mass is 16.3. The zero-order valence-corrected chi connectivity index (χ0v) is 9.27. The third-order valence-corrected chi connectivity index (χ3v) is 2.69. The van der Waals surface area contributed by atoms with Crippen LogP contribution in [0.3, 0.4) is 0 Å². The Kier molecular flexibility index (Phi) is 2.52. The van der Waals surface area contributed by atoms with Gasteiger partial charge < -0.3 is 9.67 Å². The number of aromatic nitrogens is 1. The molecule has 2 rings (SSSR count). The molecule has 0 spiro atoms. The lowest BCUT2D eigenvalue weighted by Crippen LogP contribution is -2.03. The van der Waals surface area contributed by atoms with Crippen LogP contribution < -0.4 is 5.43 Å². The molecule has 0 fully saturated rings. The van der Waals surface area contributed by atoms with Gasteiger partial charge in [0.05, 0.1) is 6.20 Å². The van der Waals surface area contributed by atoms with E-state index in [9.17, 15) is 9.90 Å². The van der Waals surface area contributed by atoms with Gasteiger partial charge in [0.25, 0.3) is 0 Å². The summed E-state index contributed by atoms with van der Waals surface area (Å²) in [5.41, 5.74) is 2.96. The van der Waals surface area contributed by atoms with Crippen LogP contribution in [0, 0.1) is 13.8 Å². The van der Waals surface area contributed by atoms with E-state index in [1.165, 1.54) is 23.4 Å². The van der Waals surface area contributed by atoms with Gasteiger partial charge in [-0.2, -0.15) is 0 Å². The lowest BCUT2D eigenvalue weighted by molar-refractivity contribution is 0.465. The van der Waals surface area contributed by atoms with Gasteiger partial charge in [0.1, 0.15) is 0 Å². The molecule has 0 saturated heterocycles. The van der Waals surface area contributed by atoms with Gasteiger partial charge in [-0.3, -0.25) is 4.79 Å². The monoisotopic (exact) mass is 215 g/mol. The van der Waals surface area contributed by atoms with Gasteiger partial charge in [0.2, 0.25) is 5.43 Å². The van der Waals surface area contributed by atoms with Crippen molar-refractivity contribution >= 4 is 0 Å². The van der Waals surface area contributed by atoms with Gasteiger partial charge in [-0.05, 0) is 37.1 Å². The van der Waals surface area contributed by atoms with E-state index in [1.807, 2.05) is 32.0 Å². The van der Waals surface area contributed by atoms with Crippen molar-refractivity contribution in [3.63, 3.8) is 0 Å². The molecule has 0 aliphatic rings. The van der Waals surface area contributed by atoms with Gasteiger partial charge in [-0.1, -0.05) is 6.07 Å². The van der Waals surface area contributed by atoms with Crippen LogP contribution in [0.2, 0.25) is 0 Å². The summed E-state index contributed by atoms with van der Waals surface area (Å²) in [4.78, 5) is 11.1. The standard InChI is InChI=1S/C13H13NO2/c1-9-3-4-11(7-10(9)2)14-6-5-12(15)13(16)8-14/h3-8,16H,1-2H3. The van der Waals surface area contributed by atoms with E-state index in [2.05, 4.69) is 0 Å². The number of aryl methyl sites for hydroxylation is 2. The van der Waals surface area contributed by atoms with Gasteiger partial charge in [0.15, 0.2) is 5.75 Å². The van der Waals surface area contributed by atoms with Crippen LogP contribution in [-0.2, 0) is 0 Å². The Balaban J connectivity index is 2.54. The van der Waals surface area contributed by atoms with Gasteiger partial charge in [0, 0.05) is 18.0 Å². The Morgan fingerprint density at radius 3 is 2.50 bits per heavy atom. The molecule has 1 aromatic heterocycles. The summed E-state index contributed by atoms with van der Waals surface area (Å²) in [6, 6.07) is 7.33. The molecule has 1 heterocycles. The normalized spacial score (nSPS) is 10.4. The molecule has 3 nitrogen and oxygen atoms in total. The fraction of sp³-hybridized carbons (Fsp3) is 0.154. The van der Waals surface area contributed by atoms with Crippen molar-refractivity contribution in [1.82, 2.24) is 4.57 Å². The second-order valence-corrected chi connectivity index (χ2v) is 3.87. The van der Waals surface area contributed by atoms with Crippen molar-refractivity contribution in [2.75, 3.05) is 0 Å². The third kappa shape index (κ3) is 1.84. The first-order valence-electron chi connectivity index (χ1n) is 5.07. The van der Waals surface area contributed by atoms with E-state index in [0.29, 0.717) is 0 Å². The molecule has 0 radical (unpaired) electrons. The highest BCUT2D eigenvalue weighted by Crippen LogP contribution is 2.14. The molecule has 1 N–H and O–H groups in total. The molecule has 2 aromatic rings. The molecule has 0 aliphatic heterocycles. The summed E-state index contributed by atoms with van der Waals surface area (Å²) >= 11 is 0. The molecule has 0 atom stereocenters. The predicted molar refractivity (Wildman–Crippen MR) is 63.2 cm³/mol. The molecular formula is C13H13NO2. The second kappa shape index (κ2) is 3.85. The maximum atomic E-state index is 11.1. The molecule has 0 saturated carbocycles. The van der Waals surface area contributed by atoms with Crippen LogP contribution in [-0.4, -0.2) is 9.67 Å². The van der Waals surface area contributed by atoms with Crippen molar-refractivity contribution in [1.29, 1.82) is 0 Å². The summed E-state index contributed by atoms with van der Waals surface area (Å²) < 4.78 is 1.73. The molecule has 16 heavy (non-hydrogen) atoms. The van der Waals surface area contributed by atoms with Crippen molar-refractivity contribution in [3.05, 3.63) is 58.0 Å². The molecule has 0 amide bonds. The van der Waals surface area contributed by atoms with Crippen LogP contribution in [0.25, 0.3) is 5.69 Å². The number of benzene rings is 1. The zero-order chi connectivity index (χ0) is 11.7. The van der Waals surface area contributed by atoms with E-state index in [1.54, 1.807) is 10.8 Å². The first kappa shape index (κ1) is 10.5. The van der Waals surface area contributed by atoms with Crippen LogP contribution in [0.1, 0.15) is 11.1 Å². The lowest BCUT2D eigenvalue weighted by atomic mass is 10.1. The fourth-order valence-corrected chi connectivity index (χ4v) is 1.52. The number of rotatable bonds is 1. The maximum Gasteiger partial charge on any atom is 0.223 e. The smallest absolute Gasteiger partial charge is 0.223 e. The summed E-state index contributed by atoms with van der Waals surface area (Å²) in [6.07, 6.45) is 3.07. The van der Waals surface area contributed by atoms with Crippen molar-refractivity contribution in [2.45, 2.75) is 13.8 Å². The second-order valence-electron chi connectivity index (χ2n) is 3.87. The minimum atomic E-state index is -0.361. The van der Waals surface area contributed by atoms with Gasteiger partial charge in [-0.15, -0.1) is 0 Å². The van der Waals surface area contributed by atoms with Crippen molar-refractivity contribution in [3.8, 4) is 11.4 Å². The van der Waals surface area contributed by atoms with Crippen LogP contribution in [0.4, 0.5) is 0 Å². The predicted octanol–water partition coefficient (Wildman–Crippen LogP) is 2.16. The molecule has 0 aliphatic carbocycles. The Morgan fingerprint density at radius 2 is 1.88 bits per heavy atom. The number of hydrogen-bond donors (Lipinski definition) is 1. The molecule has 1 aromatic carbocycles. The third-order valence-electron chi connectivity index (χ3n) is 2.69. The Labute approximate surface area is 93.6 Å². The number of hydrogen-bond acceptors (Lipinski definition) is 2. The van der Waals surface area contributed by atoms with Crippen molar-refractivity contribution < 1.29 is 5.11 Å². The van der Waals surface area contributed by atoms with Crippen LogP contribution >= 0.6 is 0 Å². The Hall–Kier alpha value is -2.03. The first-order valence-corrected chi connectivity index (χ1v) is 5.07. The molecule has 3 heteroatoms. The highest BCUT2D eigenvalue weighted by Gasteiger charge is 2.00. The van der Waals surface area contributed by atoms with Crippen molar-refractivity contribution in [2.24, 2.45) is 0 Å². The average Bonchev–Trinajstić information content (AvgIpc) is 2.26. The number of aromatic hydroxyl groups is 1.